The first-order valence-electron chi connectivity index (χ1n) is 7.78. The van der Waals surface area contributed by atoms with Gasteiger partial charge in [0.25, 0.3) is 0 Å². The predicted molar refractivity (Wildman–Crippen MR) is 107 cm³/mol. The maximum Gasteiger partial charge on any atom is 0.227 e. The lowest BCUT2D eigenvalue weighted by Crippen LogP contribution is -2.08. The Hall–Kier alpha value is -1.37. The van der Waals surface area contributed by atoms with E-state index in [1.807, 2.05) is 24.3 Å². The van der Waals surface area contributed by atoms with Crippen molar-refractivity contribution in [3.8, 4) is 5.75 Å². The summed E-state index contributed by atoms with van der Waals surface area (Å²) in [6.45, 7) is 0.889. The molecule has 138 valence electrons. The molecule has 0 saturated carbocycles. The van der Waals surface area contributed by atoms with E-state index in [9.17, 15) is 0 Å². The summed E-state index contributed by atoms with van der Waals surface area (Å²) in [6.07, 6.45) is 6.36. The van der Waals surface area contributed by atoms with Gasteiger partial charge in [-0.1, -0.05) is 7.43 Å². The average molecular weight is 431 g/mol. The molecular formula is C18H25BrClN3O2. The van der Waals surface area contributed by atoms with Gasteiger partial charge >= 0.3 is 0 Å². The van der Waals surface area contributed by atoms with Crippen molar-refractivity contribution in [2.24, 2.45) is 0 Å². The van der Waals surface area contributed by atoms with Gasteiger partial charge in [-0.2, -0.15) is 0 Å². The van der Waals surface area contributed by atoms with Crippen molar-refractivity contribution in [1.29, 1.82) is 0 Å². The number of rotatable bonds is 6. The third-order valence-corrected chi connectivity index (χ3v) is 4.55. The third kappa shape index (κ3) is 6.13. The molecule has 1 aromatic heterocycles. The first-order chi connectivity index (χ1) is 11.2. The summed E-state index contributed by atoms with van der Waals surface area (Å²) in [5, 5.41) is 3.22. The SMILES string of the molecule is C.COc1ccc(Nc2ncc(Br)c(CCC3CCCO3)n2)cc1.Cl. The first-order valence-corrected chi connectivity index (χ1v) is 8.58. The number of hydrogen-bond donors (Lipinski definition) is 1. The second kappa shape index (κ2) is 10.6. The van der Waals surface area contributed by atoms with Gasteiger partial charge in [0, 0.05) is 18.5 Å². The summed E-state index contributed by atoms with van der Waals surface area (Å²) < 4.78 is 11.8. The van der Waals surface area contributed by atoms with Gasteiger partial charge in [0.2, 0.25) is 5.95 Å². The molecule has 1 aliphatic heterocycles. The number of nitrogens with one attached hydrogen (secondary N) is 1. The first kappa shape index (κ1) is 21.7. The lowest BCUT2D eigenvalue weighted by molar-refractivity contribution is 0.104. The Morgan fingerprint density at radius 1 is 1.32 bits per heavy atom. The third-order valence-electron chi connectivity index (χ3n) is 3.89. The Morgan fingerprint density at radius 2 is 2.08 bits per heavy atom. The number of aromatic nitrogens is 2. The van der Waals surface area contributed by atoms with Crippen LogP contribution in [-0.2, 0) is 11.2 Å². The molecule has 7 heteroatoms. The Kier molecular flexibility index (Phi) is 9.17. The van der Waals surface area contributed by atoms with E-state index in [1.165, 1.54) is 6.42 Å². The topological polar surface area (TPSA) is 56.3 Å². The Bertz CT molecular complexity index is 649. The number of aryl methyl sites for hydroxylation is 1. The molecule has 5 nitrogen and oxygen atoms in total. The summed E-state index contributed by atoms with van der Waals surface area (Å²) in [6, 6.07) is 7.69. The smallest absolute Gasteiger partial charge is 0.227 e. The summed E-state index contributed by atoms with van der Waals surface area (Å²) >= 11 is 3.53. The van der Waals surface area contributed by atoms with E-state index in [1.54, 1.807) is 13.3 Å². The van der Waals surface area contributed by atoms with Crippen LogP contribution in [0.5, 0.6) is 5.75 Å². The summed E-state index contributed by atoms with van der Waals surface area (Å²) in [5.74, 6) is 1.42. The maximum absolute atomic E-state index is 5.68. The number of anilines is 2. The van der Waals surface area contributed by atoms with Gasteiger partial charge in [-0.05, 0) is 65.9 Å². The minimum absolute atomic E-state index is 0. The number of benzene rings is 1. The van der Waals surface area contributed by atoms with Gasteiger partial charge in [0.05, 0.1) is 23.4 Å². The highest BCUT2D eigenvalue weighted by atomic mass is 79.9. The van der Waals surface area contributed by atoms with E-state index < -0.39 is 0 Å². The zero-order valence-electron chi connectivity index (χ0n) is 13.5. The Labute approximate surface area is 164 Å². The van der Waals surface area contributed by atoms with Crippen LogP contribution in [0.3, 0.4) is 0 Å². The van der Waals surface area contributed by atoms with Crippen LogP contribution >= 0.6 is 28.3 Å². The van der Waals surface area contributed by atoms with Gasteiger partial charge in [0.1, 0.15) is 5.75 Å². The molecule has 1 atom stereocenters. The zero-order chi connectivity index (χ0) is 16.1. The largest absolute Gasteiger partial charge is 0.497 e. The monoisotopic (exact) mass is 429 g/mol. The second-order valence-electron chi connectivity index (χ2n) is 5.52. The molecule has 1 saturated heterocycles. The zero-order valence-corrected chi connectivity index (χ0v) is 15.9. The quantitative estimate of drug-likeness (QED) is 0.686. The molecule has 1 aliphatic rings. The summed E-state index contributed by atoms with van der Waals surface area (Å²) in [5.41, 5.74) is 1.93. The van der Waals surface area contributed by atoms with Crippen molar-refractivity contribution in [2.45, 2.75) is 39.2 Å². The van der Waals surface area contributed by atoms with Gasteiger partial charge in [-0.15, -0.1) is 12.4 Å². The fourth-order valence-corrected chi connectivity index (χ4v) is 3.00. The van der Waals surface area contributed by atoms with Crippen molar-refractivity contribution in [2.75, 3.05) is 19.0 Å². The van der Waals surface area contributed by atoms with E-state index in [2.05, 4.69) is 31.2 Å². The normalized spacial score (nSPS) is 15.8. The summed E-state index contributed by atoms with van der Waals surface area (Å²) in [4.78, 5) is 8.94. The van der Waals surface area contributed by atoms with Crippen molar-refractivity contribution >= 4 is 40.0 Å². The minimum atomic E-state index is 0. The van der Waals surface area contributed by atoms with Crippen LogP contribution in [-0.4, -0.2) is 29.8 Å². The van der Waals surface area contributed by atoms with Crippen LogP contribution in [0.1, 0.15) is 32.4 Å². The molecule has 3 rings (SSSR count). The second-order valence-corrected chi connectivity index (χ2v) is 6.37. The van der Waals surface area contributed by atoms with E-state index >= 15 is 0 Å². The molecular weight excluding hydrogens is 406 g/mol. The maximum atomic E-state index is 5.68. The number of hydrogen-bond acceptors (Lipinski definition) is 5. The molecule has 1 N–H and O–H groups in total. The van der Waals surface area contributed by atoms with Gasteiger partial charge in [-0.25, -0.2) is 9.97 Å². The molecule has 2 heterocycles. The lowest BCUT2D eigenvalue weighted by Gasteiger charge is -2.11. The summed E-state index contributed by atoms with van der Waals surface area (Å²) in [7, 11) is 1.65. The number of methoxy groups -OCH3 is 1. The number of ether oxygens (including phenoxy) is 2. The molecule has 0 aliphatic carbocycles. The van der Waals surface area contributed by atoms with Gasteiger partial charge in [-0.3, -0.25) is 0 Å². The Morgan fingerprint density at radius 3 is 2.72 bits per heavy atom. The molecule has 0 radical (unpaired) electrons. The van der Waals surface area contributed by atoms with Crippen LogP contribution in [0.25, 0.3) is 0 Å². The molecule has 2 aromatic rings. The number of halogens is 2. The fraction of sp³-hybridized carbons (Fsp3) is 0.444. The predicted octanol–water partition coefficient (Wildman–Crippen LogP) is 5.16. The van der Waals surface area contributed by atoms with E-state index in [0.717, 1.165) is 47.5 Å². The van der Waals surface area contributed by atoms with Gasteiger partial charge in [0.15, 0.2) is 0 Å². The average Bonchev–Trinajstić information content (AvgIpc) is 3.09. The standard InChI is InChI=1S/C17H20BrN3O2.CH4.ClH/c1-22-13-6-4-12(5-7-13)20-17-19-11-15(18)16(21-17)9-8-14-3-2-10-23-14;;/h4-7,11,14H,2-3,8-10H2,1H3,(H,19,20,21);1H4;1H. The van der Waals surface area contributed by atoms with Crippen molar-refractivity contribution in [3.05, 3.63) is 40.6 Å². The van der Waals surface area contributed by atoms with E-state index in [0.29, 0.717) is 12.1 Å². The van der Waals surface area contributed by atoms with Gasteiger partial charge < -0.3 is 14.8 Å². The Balaban J connectivity index is 0.00000156. The molecule has 1 aromatic carbocycles. The molecule has 1 fully saturated rings. The minimum Gasteiger partial charge on any atom is -0.497 e. The van der Waals surface area contributed by atoms with Crippen LogP contribution < -0.4 is 10.1 Å². The molecule has 25 heavy (non-hydrogen) atoms. The van der Waals surface area contributed by atoms with Crippen molar-refractivity contribution in [3.63, 3.8) is 0 Å². The molecule has 1 unspecified atom stereocenters. The molecule has 0 spiro atoms. The highest BCUT2D eigenvalue weighted by Gasteiger charge is 2.16. The van der Waals surface area contributed by atoms with Crippen LogP contribution in [0, 0.1) is 0 Å². The van der Waals surface area contributed by atoms with E-state index in [-0.39, 0.29) is 19.8 Å². The van der Waals surface area contributed by atoms with Crippen LogP contribution in [0.4, 0.5) is 11.6 Å². The highest BCUT2D eigenvalue weighted by molar-refractivity contribution is 9.10. The number of nitrogens with zero attached hydrogens (tertiary/aromatic N) is 2. The fourth-order valence-electron chi connectivity index (χ4n) is 2.61. The van der Waals surface area contributed by atoms with E-state index in [4.69, 9.17) is 9.47 Å². The van der Waals surface area contributed by atoms with Crippen molar-refractivity contribution < 1.29 is 9.47 Å². The van der Waals surface area contributed by atoms with Crippen LogP contribution in [0.15, 0.2) is 34.9 Å². The lowest BCUT2D eigenvalue weighted by atomic mass is 10.1. The molecule has 0 bridgehead atoms. The molecule has 0 amide bonds. The van der Waals surface area contributed by atoms with Crippen molar-refractivity contribution in [1.82, 2.24) is 9.97 Å². The highest BCUT2D eigenvalue weighted by Crippen LogP contribution is 2.23. The van der Waals surface area contributed by atoms with Crippen LogP contribution in [0.2, 0.25) is 0 Å².